The van der Waals surface area contributed by atoms with Gasteiger partial charge in [0.1, 0.15) is 6.54 Å². The lowest BCUT2D eigenvalue weighted by atomic mass is 10.3. The third-order valence-corrected chi connectivity index (χ3v) is 3.53. The Hall–Kier alpha value is -2.55. The van der Waals surface area contributed by atoms with Gasteiger partial charge < -0.3 is 9.52 Å². The zero-order valence-electron chi connectivity index (χ0n) is 10.3. The maximum Gasteiger partial charge on any atom is 0.358 e. The summed E-state index contributed by atoms with van der Waals surface area (Å²) in [4.78, 5) is 11.8. The second kappa shape index (κ2) is 4.85. The first-order valence-electron chi connectivity index (χ1n) is 5.65. The molecular formula is C11H9N5O3S. The molecule has 0 spiro atoms. The molecule has 0 aromatic carbocycles. The molecule has 0 fully saturated rings. The van der Waals surface area contributed by atoms with E-state index in [1.807, 2.05) is 17.5 Å². The normalized spacial score (nSPS) is 10.8. The summed E-state index contributed by atoms with van der Waals surface area (Å²) >= 11 is 1.50. The lowest BCUT2D eigenvalue weighted by molar-refractivity contribution is 0.0689. The number of aromatic carboxylic acids is 1. The summed E-state index contributed by atoms with van der Waals surface area (Å²) in [5, 5.41) is 26.0. The van der Waals surface area contributed by atoms with Gasteiger partial charge in [-0.15, -0.1) is 26.6 Å². The molecule has 0 saturated carbocycles. The summed E-state index contributed by atoms with van der Waals surface area (Å²) in [7, 11) is 0. The van der Waals surface area contributed by atoms with Crippen LogP contribution in [0.4, 0.5) is 0 Å². The van der Waals surface area contributed by atoms with Gasteiger partial charge in [-0.05, 0) is 18.4 Å². The summed E-state index contributed by atoms with van der Waals surface area (Å²) in [6, 6.07) is 3.77. The molecule has 0 aliphatic carbocycles. The van der Waals surface area contributed by atoms with Gasteiger partial charge in [-0.1, -0.05) is 11.3 Å². The van der Waals surface area contributed by atoms with E-state index in [2.05, 4.69) is 20.5 Å². The minimum absolute atomic E-state index is 0.0806. The molecule has 3 aromatic heterocycles. The van der Waals surface area contributed by atoms with Crippen molar-refractivity contribution in [3.05, 3.63) is 34.8 Å². The standard InChI is InChI=1S/C11H9N5O3S/c1-6-9(11(17)18)13-15-16(6)5-8-12-14-10(19-8)7-3-2-4-20-7/h2-4H,5H2,1H3,(H,17,18). The number of carboxylic acid groups (broad SMARTS) is 1. The number of carboxylic acids is 1. The van der Waals surface area contributed by atoms with Gasteiger partial charge in [0.25, 0.3) is 5.89 Å². The number of hydrogen-bond acceptors (Lipinski definition) is 7. The number of thiophene rings is 1. The minimum atomic E-state index is -1.11. The van der Waals surface area contributed by atoms with Crippen LogP contribution in [0.3, 0.4) is 0 Å². The van der Waals surface area contributed by atoms with Crippen molar-refractivity contribution >= 4 is 17.3 Å². The summed E-state index contributed by atoms with van der Waals surface area (Å²) in [6.07, 6.45) is 0. The Kier molecular flexibility index (Phi) is 3.03. The molecule has 0 radical (unpaired) electrons. The quantitative estimate of drug-likeness (QED) is 0.775. The summed E-state index contributed by atoms with van der Waals surface area (Å²) in [6.45, 7) is 1.81. The number of aromatic nitrogens is 5. The Bertz CT molecular complexity index is 746. The van der Waals surface area contributed by atoms with E-state index in [1.54, 1.807) is 6.92 Å². The van der Waals surface area contributed by atoms with Crippen molar-refractivity contribution in [2.45, 2.75) is 13.5 Å². The largest absolute Gasteiger partial charge is 0.476 e. The molecule has 8 nitrogen and oxygen atoms in total. The molecule has 0 aliphatic rings. The second-order valence-corrected chi connectivity index (χ2v) is 4.91. The summed E-state index contributed by atoms with van der Waals surface area (Å²) in [5.41, 5.74) is 0.358. The first-order valence-corrected chi connectivity index (χ1v) is 6.53. The van der Waals surface area contributed by atoms with Gasteiger partial charge in [-0.3, -0.25) is 0 Å². The van der Waals surface area contributed by atoms with Crippen molar-refractivity contribution < 1.29 is 14.3 Å². The van der Waals surface area contributed by atoms with Crippen molar-refractivity contribution in [3.8, 4) is 10.8 Å². The van der Waals surface area contributed by atoms with E-state index in [0.717, 1.165) is 4.88 Å². The first-order chi connectivity index (χ1) is 9.65. The Balaban J connectivity index is 1.84. The predicted octanol–water partition coefficient (Wildman–Crippen LogP) is 1.44. The van der Waals surface area contributed by atoms with Gasteiger partial charge >= 0.3 is 5.97 Å². The van der Waals surface area contributed by atoms with Crippen LogP contribution in [0.5, 0.6) is 0 Å². The highest BCUT2D eigenvalue weighted by atomic mass is 32.1. The molecule has 20 heavy (non-hydrogen) atoms. The maximum absolute atomic E-state index is 10.9. The van der Waals surface area contributed by atoms with Crippen LogP contribution < -0.4 is 0 Å². The summed E-state index contributed by atoms with van der Waals surface area (Å²) in [5.74, 6) is -0.330. The van der Waals surface area contributed by atoms with Crippen molar-refractivity contribution in [2.75, 3.05) is 0 Å². The molecule has 0 unspecified atom stereocenters. The fourth-order valence-corrected chi connectivity index (χ4v) is 2.30. The van der Waals surface area contributed by atoms with Gasteiger partial charge in [0.05, 0.1) is 10.6 Å². The highest BCUT2D eigenvalue weighted by Crippen LogP contribution is 2.23. The fourth-order valence-electron chi connectivity index (χ4n) is 1.65. The third-order valence-electron chi connectivity index (χ3n) is 2.67. The van der Waals surface area contributed by atoms with E-state index in [1.165, 1.54) is 16.0 Å². The minimum Gasteiger partial charge on any atom is -0.476 e. The molecule has 0 atom stereocenters. The van der Waals surface area contributed by atoms with Crippen LogP contribution in [-0.2, 0) is 6.54 Å². The molecular weight excluding hydrogens is 282 g/mol. The van der Waals surface area contributed by atoms with Gasteiger partial charge in [-0.2, -0.15) is 0 Å². The van der Waals surface area contributed by atoms with Crippen molar-refractivity contribution in [2.24, 2.45) is 0 Å². The van der Waals surface area contributed by atoms with E-state index < -0.39 is 5.97 Å². The van der Waals surface area contributed by atoms with E-state index in [4.69, 9.17) is 9.52 Å². The number of carbonyl (C=O) groups is 1. The maximum atomic E-state index is 10.9. The van der Waals surface area contributed by atoms with E-state index in [0.29, 0.717) is 17.5 Å². The molecule has 3 rings (SSSR count). The smallest absolute Gasteiger partial charge is 0.358 e. The van der Waals surface area contributed by atoms with E-state index in [9.17, 15) is 4.79 Å². The van der Waals surface area contributed by atoms with E-state index in [-0.39, 0.29) is 12.2 Å². The SMILES string of the molecule is Cc1c(C(=O)O)nnn1Cc1nnc(-c2cccs2)o1. The zero-order chi connectivity index (χ0) is 14.1. The second-order valence-electron chi connectivity index (χ2n) is 3.96. The molecule has 3 heterocycles. The highest BCUT2D eigenvalue weighted by Gasteiger charge is 2.17. The first kappa shape index (κ1) is 12.5. The van der Waals surface area contributed by atoms with Gasteiger partial charge in [-0.25, -0.2) is 9.48 Å². The zero-order valence-corrected chi connectivity index (χ0v) is 11.2. The Morgan fingerprint density at radius 3 is 2.95 bits per heavy atom. The number of hydrogen-bond donors (Lipinski definition) is 1. The van der Waals surface area contributed by atoms with Crippen molar-refractivity contribution in [3.63, 3.8) is 0 Å². The van der Waals surface area contributed by atoms with Gasteiger partial charge in [0, 0.05) is 0 Å². The van der Waals surface area contributed by atoms with Crippen LogP contribution in [0.1, 0.15) is 22.1 Å². The molecule has 9 heteroatoms. The van der Waals surface area contributed by atoms with Crippen LogP contribution in [0.15, 0.2) is 21.9 Å². The molecule has 0 bridgehead atoms. The molecule has 0 aliphatic heterocycles. The molecule has 102 valence electrons. The predicted molar refractivity (Wildman–Crippen MR) is 68.4 cm³/mol. The van der Waals surface area contributed by atoms with Crippen molar-refractivity contribution in [1.29, 1.82) is 0 Å². The number of rotatable bonds is 4. The molecule has 1 N–H and O–H groups in total. The molecule has 0 amide bonds. The lowest BCUT2D eigenvalue weighted by Crippen LogP contribution is -2.06. The van der Waals surface area contributed by atoms with Crippen LogP contribution in [0, 0.1) is 6.92 Å². The Labute approximate surface area is 116 Å². The summed E-state index contributed by atoms with van der Waals surface area (Å²) < 4.78 is 6.92. The van der Waals surface area contributed by atoms with Gasteiger partial charge in [0.2, 0.25) is 5.89 Å². The molecule has 0 saturated heterocycles. The van der Waals surface area contributed by atoms with Crippen LogP contribution in [-0.4, -0.2) is 36.3 Å². The lowest BCUT2D eigenvalue weighted by Gasteiger charge is -1.98. The fraction of sp³-hybridized carbons (Fsp3) is 0.182. The van der Waals surface area contributed by atoms with Gasteiger partial charge in [0.15, 0.2) is 5.69 Å². The highest BCUT2D eigenvalue weighted by molar-refractivity contribution is 7.13. The van der Waals surface area contributed by atoms with Crippen molar-refractivity contribution in [1.82, 2.24) is 25.2 Å². The Morgan fingerprint density at radius 2 is 2.30 bits per heavy atom. The molecule has 3 aromatic rings. The van der Waals surface area contributed by atoms with Crippen LogP contribution in [0.25, 0.3) is 10.8 Å². The van der Waals surface area contributed by atoms with E-state index >= 15 is 0 Å². The average Bonchev–Trinajstić information content (AvgIpc) is 3.12. The van der Waals surface area contributed by atoms with Crippen LogP contribution >= 0.6 is 11.3 Å². The van der Waals surface area contributed by atoms with Crippen LogP contribution in [0.2, 0.25) is 0 Å². The average molecular weight is 291 g/mol. The topological polar surface area (TPSA) is 107 Å². The Morgan fingerprint density at radius 1 is 1.45 bits per heavy atom. The third kappa shape index (κ3) is 2.18. The monoisotopic (exact) mass is 291 g/mol. The number of nitrogens with zero attached hydrogens (tertiary/aromatic N) is 5.